The first-order valence-corrected chi connectivity index (χ1v) is 6.07. The molecule has 0 atom stereocenters. The van der Waals surface area contributed by atoms with E-state index in [0.29, 0.717) is 17.4 Å². The Balaban J connectivity index is 2.32. The van der Waals surface area contributed by atoms with Gasteiger partial charge in [0.25, 0.3) is 0 Å². The lowest BCUT2D eigenvalue weighted by molar-refractivity contribution is 0.642. The maximum Gasteiger partial charge on any atom is 0.159 e. The van der Waals surface area contributed by atoms with Crippen LogP contribution >= 0.6 is 15.9 Å². The Bertz CT molecular complexity index is 494. The fourth-order valence-corrected chi connectivity index (χ4v) is 2.03. The molecular weight excluding hydrogens is 268 g/mol. The average Bonchev–Trinajstić information content (AvgIpc) is 3.09. The molecule has 1 aromatic rings. The molecule has 0 unspecified atom stereocenters. The lowest BCUT2D eigenvalue weighted by Crippen LogP contribution is -2.08. The van der Waals surface area contributed by atoms with Crippen LogP contribution in [0.15, 0.2) is 6.20 Å². The molecule has 0 saturated heterocycles. The van der Waals surface area contributed by atoms with Crippen LogP contribution in [0.1, 0.15) is 29.9 Å². The molecule has 0 bridgehead atoms. The first kappa shape index (κ1) is 11.0. The molecule has 0 aromatic carbocycles. The predicted molar refractivity (Wildman–Crippen MR) is 60.4 cm³/mol. The summed E-state index contributed by atoms with van der Waals surface area (Å²) in [7, 11) is 0. The van der Waals surface area contributed by atoms with Crippen molar-refractivity contribution in [1.29, 1.82) is 10.5 Å². The minimum absolute atomic E-state index is 0.250. The first-order valence-electron chi connectivity index (χ1n) is 4.95. The van der Waals surface area contributed by atoms with E-state index in [1.165, 1.54) is 6.20 Å². The van der Waals surface area contributed by atoms with Crippen LogP contribution < -0.4 is 0 Å². The molecule has 1 fully saturated rings. The molecule has 1 aliphatic rings. The monoisotopic (exact) mass is 276 g/mol. The molecule has 0 radical (unpaired) electrons. The molecule has 1 saturated carbocycles. The minimum atomic E-state index is -0.250. The lowest BCUT2D eigenvalue weighted by atomic mass is 10.0. The van der Waals surface area contributed by atoms with E-state index in [-0.39, 0.29) is 5.41 Å². The van der Waals surface area contributed by atoms with Gasteiger partial charge in [0, 0.05) is 11.8 Å². The van der Waals surface area contributed by atoms with Gasteiger partial charge in [-0.25, -0.2) is 4.98 Å². The number of nitrogens with zero attached hydrogens (tertiary/aromatic N) is 4. The van der Waals surface area contributed by atoms with Gasteiger partial charge in [0.1, 0.15) is 6.07 Å². The highest BCUT2D eigenvalue weighted by Gasteiger charge is 2.44. The topological polar surface area (TPSA) is 73.4 Å². The molecule has 1 heterocycles. The fourth-order valence-electron chi connectivity index (χ4n) is 1.56. The standard InChI is InChI=1S/C11H9BrN4/c12-4-10-9(3-11(7-14)1-2-11)16-8(5-13)6-15-10/h6H,1-4H2. The highest BCUT2D eigenvalue weighted by molar-refractivity contribution is 9.08. The number of rotatable bonds is 3. The third-order valence-corrected chi connectivity index (χ3v) is 3.30. The van der Waals surface area contributed by atoms with Crippen molar-refractivity contribution >= 4 is 15.9 Å². The van der Waals surface area contributed by atoms with E-state index in [1.807, 2.05) is 6.07 Å². The maximum absolute atomic E-state index is 9.03. The van der Waals surface area contributed by atoms with E-state index in [9.17, 15) is 0 Å². The van der Waals surface area contributed by atoms with Crippen molar-refractivity contribution in [3.8, 4) is 12.1 Å². The Morgan fingerprint density at radius 3 is 2.62 bits per heavy atom. The van der Waals surface area contributed by atoms with Gasteiger partial charge >= 0.3 is 0 Å². The van der Waals surface area contributed by atoms with Crippen molar-refractivity contribution < 1.29 is 0 Å². The fraction of sp³-hybridized carbons (Fsp3) is 0.455. The summed E-state index contributed by atoms with van der Waals surface area (Å²) in [6.07, 6.45) is 3.91. The number of hydrogen-bond donors (Lipinski definition) is 0. The Morgan fingerprint density at radius 1 is 1.38 bits per heavy atom. The quantitative estimate of drug-likeness (QED) is 0.793. The zero-order chi connectivity index (χ0) is 11.6. The van der Waals surface area contributed by atoms with Crippen molar-refractivity contribution in [2.24, 2.45) is 5.41 Å². The average molecular weight is 277 g/mol. The first-order chi connectivity index (χ1) is 7.73. The molecule has 0 N–H and O–H groups in total. The second kappa shape index (κ2) is 4.19. The van der Waals surface area contributed by atoms with Crippen molar-refractivity contribution in [1.82, 2.24) is 9.97 Å². The van der Waals surface area contributed by atoms with Crippen molar-refractivity contribution in [2.45, 2.75) is 24.6 Å². The van der Waals surface area contributed by atoms with Crippen LogP contribution in [0.4, 0.5) is 0 Å². The summed E-state index contributed by atoms with van der Waals surface area (Å²) in [5, 5.41) is 18.4. The largest absolute Gasteiger partial charge is 0.255 e. The summed E-state index contributed by atoms with van der Waals surface area (Å²) in [4.78, 5) is 8.40. The third kappa shape index (κ3) is 2.05. The van der Waals surface area contributed by atoms with Crippen LogP contribution in [0.3, 0.4) is 0 Å². The van der Waals surface area contributed by atoms with Crippen LogP contribution in [-0.4, -0.2) is 9.97 Å². The number of hydrogen-bond acceptors (Lipinski definition) is 4. The third-order valence-electron chi connectivity index (χ3n) is 2.77. The highest BCUT2D eigenvalue weighted by atomic mass is 79.9. The molecule has 0 spiro atoms. The Hall–Kier alpha value is -1.46. The Kier molecular flexibility index (Phi) is 2.89. The molecule has 1 aromatic heterocycles. The molecular formula is C11H9BrN4. The second-order valence-corrected chi connectivity index (χ2v) is 4.52. The molecule has 80 valence electrons. The summed E-state index contributed by atoms with van der Waals surface area (Å²) >= 11 is 3.34. The zero-order valence-electron chi connectivity index (χ0n) is 8.57. The van der Waals surface area contributed by atoms with Crippen LogP contribution in [0.2, 0.25) is 0 Å². The maximum atomic E-state index is 9.03. The predicted octanol–water partition coefficient (Wildman–Crippen LogP) is 2.09. The highest BCUT2D eigenvalue weighted by Crippen LogP contribution is 2.47. The number of alkyl halides is 1. The molecule has 0 aliphatic heterocycles. The smallest absolute Gasteiger partial charge is 0.159 e. The van der Waals surface area contributed by atoms with Crippen LogP contribution in [-0.2, 0) is 11.8 Å². The van der Waals surface area contributed by atoms with Gasteiger partial charge in [0.2, 0.25) is 0 Å². The van der Waals surface area contributed by atoms with Gasteiger partial charge in [-0.1, -0.05) is 15.9 Å². The molecule has 5 heteroatoms. The van der Waals surface area contributed by atoms with Gasteiger partial charge in [-0.15, -0.1) is 0 Å². The van der Waals surface area contributed by atoms with E-state index < -0.39 is 0 Å². The normalized spacial score (nSPS) is 16.2. The van der Waals surface area contributed by atoms with Gasteiger partial charge in [0.15, 0.2) is 5.69 Å². The molecule has 2 rings (SSSR count). The zero-order valence-corrected chi connectivity index (χ0v) is 10.2. The Labute approximate surface area is 102 Å². The summed E-state index contributed by atoms with van der Waals surface area (Å²) < 4.78 is 0. The minimum Gasteiger partial charge on any atom is -0.255 e. The van der Waals surface area contributed by atoms with E-state index in [2.05, 4.69) is 32.0 Å². The van der Waals surface area contributed by atoms with Gasteiger partial charge in [0.05, 0.1) is 29.1 Å². The lowest BCUT2D eigenvalue weighted by Gasteiger charge is -2.08. The second-order valence-electron chi connectivity index (χ2n) is 3.96. The van der Waals surface area contributed by atoms with E-state index in [0.717, 1.165) is 24.2 Å². The van der Waals surface area contributed by atoms with Crippen molar-refractivity contribution in [3.05, 3.63) is 23.3 Å². The Morgan fingerprint density at radius 2 is 2.12 bits per heavy atom. The molecule has 1 aliphatic carbocycles. The number of halogens is 1. The van der Waals surface area contributed by atoms with E-state index in [4.69, 9.17) is 10.5 Å². The van der Waals surface area contributed by atoms with Crippen LogP contribution in [0.25, 0.3) is 0 Å². The number of nitriles is 2. The van der Waals surface area contributed by atoms with E-state index in [1.54, 1.807) is 0 Å². The summed E-state index contributed by atoms with van der Waals surface area (Å²) in [6, 6.07) is 4.29. The van der Waals surface area contributed by atoms with Gasteiger partial charge < -0.3 is 0 Å². The van der Waals surface area contributed by atoms with Crippen molar-refractivity contribution in [3.63, 3.8) is 0 Å². The molecule has 16 heavy (non-hydrogen) atoms. The van der Waals surface area contributed by atoms with Gasteiger partial charge in [-0.05, 0) is 12.8 Å². The molecule has 4 nitrogen and oxygen atoms in total. The SMILES string of the molecule is N#Cc1cnc(CBr)c(CC2(C#N)CC2)n1. The summed E-state index contributed by atoms with van der Waals surface area (Å²) in [5.74, 6) is 0. The van der Waals surface area contributed by atoms with Gasteiger partial charge in [-0.2, -0.15) is 10.5 Å². The summed E-state index contributed by atoms with van der Waals surface area (Å²) in [6.45, 7) is 0. The van der Waals surface area contributed by atoms with Crippen LogP contribution in [0, 0.1) is 28.1 Å². The molecule has 0 amide bonds. The van der Waals surface area contributed by atoms with E-state index >= 15 is 0 Å². The van der Waals surface area contributed by atoms with Crippen molar-refractivity contribution in [2.75, 3.05) is 0 Å². The summed E-state index contributed by atoms with van der Waals surface area (Å²) in [5.41, 5.74) is 1.66. The number of aromatic nitrogens is 2. The van der Waals surface area contributed by atoms with Gasteiger partial charge in [-0.3, -0.25) is 4.98 Å². The van der Waals surface area contributed by atoms with Crippen LogP contribution in [0.5, 0.6) is 0 Å².